The van der Waals surface area contributed by atoms with E-state index in [1.807, 2.05) is 0 Å². The lowest BCUT2D eigenvalue weighted by Gasteiger charge is -2.44. The minimum atomic E-state index is -0.255. The second-order valence-corrected chi connectivity index (χ2v) is 39.6. The van der Waals surface area contributed by atoms with Gasteiger partial charge in [-0.05, 0) is 292 Å². The molecule has 0 amide bonds. The van der Waals surface area contributed by atoms with Crippen LogP contribution in [0.1, 0.15) is 129 Å². The molecule has 1 unspecified atom stereocenters. The molecule has 0 saturated heterocycles. The number of hydrogen-bond donors (Lipinski definition) is 0. The van der Waals surface area contributed by atoms with Crippen LogP contribution in [0.25, 0.3) is 149 Å². The summed E-state index contributed by atoms with van der Waals surface area (Å²) in [4.78, 5) is 5.32. The Kier molecular flexibility index (Phi) is 17.3. The largest absolute Gasteiger partial charge is 0.311 e. The van der Waals surface area contributed by atoms with Gasteiger partial charge in [0.1, 0.15) is 0 Å². The molecule has 0 spiro atoms. The molecular formula is C121H100BN5. The molecule has 127 heavy (non-hydrogen) atoms. The van der Waals surface area contributed by atoms with Crippen molar-refractivity contribution in [1.29, 1.82) is 0 Å². The number of anilines is 6. The smallest absolute Gasteiger partial charge is 0.252 e. The molecule has 5 heterocycles. The summed E-state index contributed by atoms with van der Waals surface area (Å²) in [6, 6.07) is 142. The Morgan fingerprint density at radius 1 is 0.260 bits per heavy atom. The molecule has 5 nitrogen and oxygen atoms in total. The van der Waals surface area contributed by atoms with Crippen molar-refractivity contribution >= 4 is 123 Å². The molecule has 0 saturated carbocycles. The van der Waals surface area contributed by atoms with Gasteiger partial charge in [0, 0.05) is 77.8 Å². The van der Waals surface area contributed by atoms with Gasteiger partial charge in [-0.25, -0.2) is 0 Å². The van der Waals surface area contributed by atoms with Crippen molar-refractivity contribution in [2.24, 2.45) is 0 Å². The maximum Gasteiger partial charge on any atom is 0.252 e. The predicted octanol–water partition coefficient (Wildman–Crippen LogP) is 30.9. The Labute approximate surface area is 745 Å². The molecule has 612 valence electrons. The number of hydrogen-bond acceptors (Lipinski definition) is 2. The monoisotopic (exact) mass is 1630 g/mol. The summed E-state index contributed by atoms with van der Waals surface area (Å²) in [7, 11) is 0. The minimum Gasteiger partial charge on any atom is -0.311 e. The molecule has 0 N–H and O–H groups in total. The molecule has 6 heteroatoms. The average Bonchev–Trinajstić information content (AvgIpc) is 1.53. The first-order chi connectivity index (χ1) is 61.7. The summed E-state index contributed by atoms with van der Waals surface area (Å²) in [6.45, 7) is 23.8. The SMILES string of the molecule is CC1CCC(C)(C)c2cc(-c3ccc(N4c5cc(-n6c7ccc(-c8ccccc8)cc7c7cc(-c8ccccc8)ccc76)ccc5B5c6ccc(-n7c8ccc(-c9ccccc9)cc8c8cc(-c9ccccc9)ccc87)cc6N(c6ccc(-c7ccc8c(c7)C(C)(C)CCC8(C)C)cc6)c6cc(-n7c8ccccc8c8cc(C(C)(C)C)ccc87)cc4c65)cc3)ccc21. The van der Waals surface area contributed by atoms with E-state index >= 15 is 0 Å². The number of aromatic nitrogens is 3. The van der Waals surface area contributed by atoms with Crippen LogP contribution in [0.15, 0.2) is 370 Å². The first-order valence-electron chi connectivity index (χ1n) is 45.7. The topological polar surface area (TPSA) is 21.3 Å². The normalized spacial score (nSPS) is 15.4. The fourth-order valence-electron chi connectivity index (χ4n) is 22.5. The first kappa shape index (κ1) is 76.5. The van der Waals surface area contributed by atoms with Gasteiger partial charge in [-0.3, -0.25) is 0 Å². The average molecular weight is 1630 g/mol. The molecule has 24 rings (SSSR count). The second kappa shape index (κ2) is 28.7. The summed E-state index contributed by atoms with van der Waals surface area (Å²) >= 11 is 0. The summed E-state index contributed by atoms with van der Waals surface area (Å²) in [5.74, 6) is 0.520. The van der Waals surface area contributed by atoms with E-state index in [1.165, 1.54) is 163 Å². The van der Waals surface area contributed by atoms with E-state index in [0.29, 0.717) is 5.92 Å². The van der Waals surface area contributed by atoms with Gasteiger partial charge < -0.3 is 23.5 Å². The zero-order valence-electron chi connectivity index (χ0n) is 73.9. The van der Waals surface area contributed by atoms with Crippen molar-refractivity contribution in [1.82, 2.24) is 13.7 Å². The molecule has 4 aliphatic rings. The van der Waals surface area contributed by atoms with Crippen LogP contribution in [0.2, 0.25) is 0 Å². The zero-order chi connectivity index (χ0) is 85.7. The van der Waals surface area contributed by atoms with Crippen LogP contribution in [0.3, 0.4) is 0 Å². The van der Waals surface area contributed by atoms with Gasteiger partial charge in [0.15, 0.2) is 0 Å². The summed E-state index contributed by atoms with van der Waals surface area (Å²) in [5, 5.41) is 7.28. The highest BCUT2D eigenvalue weighted by molar-refractivity contribution is 7.00. The Balaban J connectivity index is 0.794. The predicted molar refractivity (Wildman–Crippen MR) is 541 cm³/mol. The molecule has 2 aliphatic heterocycles. The van der Waals surface area contributed by atoms with Crippen LogP contribution < -0.4 is 26.2 Å². The molecule has 2 aliphatic carbocycles. The molecule has 1 atom stereocenters. The molecule has 0 fully saturated rings. The van der Waals surface area contributed by atoms with Crippen molar-refractivity contribution in [3.05, 3.63) is 398 Å². The van der Waals surface area contributed by atoms with Crippen molar-refractivity contribution < 1.29 is 0 Å². The Morgan fingerprint density at radius 3 is 1.04 bits per heavy atom. The van der Waals surface area contributed by atoms with Crippen LogP contribution in [0, 0.1) is 0 Å². The summed E-state index contributed by atoms with van der Waals surface area (Å²) in [5.41, 5.74) is 42.2. The Hall–Kier alpha value is -14.2. The maximum absolute atomic E-state index is 2.66. The van der Waals surface area contributed by atoms with Gasteiger partial charge in [0.2, 0.25) is 0 Å². The van der Waals surface area contributed by atoms with Crippen molar-refractivity contribution in [3.63, 3.8) is 0 Å². The lowest BCUT2D eigenvalue weighted by molar-refractivity contribution is 0.332. The van der Waals surface area contributed by atoms with Crippen LogP contribution in [0.5, 0.6) is 0 Å². The number of para-hydroxylation sites is 1. The number of rotatable bonds is 11. The van der Waals surface area contributed by atoms with E-state index in [2.05, 4.69) is 463 Å². The van der Waals surface area contributed by atoms with Crippen LogP contribution >= 0.6 is 0 Å². The van der Waals surface area contributed by atoms with Gasteiger partial charge in [-0.1, -0.05) is 312 Å². The molecule has 20 aromatic rings. The second-order valence-electron chi connectivity index (χ2n) is 39.6. The molecule has 0 bridgehead atoms. The Bertz CT molecular complexity index is 7430. The van der Waals surface area contributed by atoms with Gasteiger partial charge in [-0.2, -0.15) is 0 Å². The van der Waals surface area contributed by atoms with E-state index in [4.69, 9.17) is 0 Å². The third-order valence-corrected chi connectivity index (χ3v) is 29.6. The van der Waals surface area contributed by atoms with E-state index < -0.39 is 0 Å². The third-order valence-electron chi connectivity index (χ3n) is 29.6. The lowest BCUT2D eigenvalue weighted by Crippen LogP contribution is -2.61. The number of benzene rings is 17. The fraction of sp³-hybridized carbons (Fsp3) is 0.157. The fourth-order valence-corrected chi connectivity index (χ4v) is 22.5. The van der Waals surface area contributed by atoms with Crippen LogP contribution in [-0.4, -0.2) is 20.4 Å². The minimum absolute atomic E-state index is 0.0476. The standard InChI is InChI=1S/C121H100BN5/c1-76-61-62-119(5,6)103-69-87(39-52-95(76)103)81-35-46-90(47-36-81)123-113-72-92(125-108-56-41-83(77-25-15-11-16-26-77)65-97(108)98-66-84(42-57-109(98)125)78-27-17-12-18-28-78)50-54-105(113)122-106-55-51-93(126-110-58-43-85(79-29-19-13-20-30-79)67-99(110)100-68-86(44-59-111(100)126)80-31-21-14-22-32-80)73-114(106)124(91-48-37-82(38-49-91)88-40-53-102-104(70-88)121(9,10)64-63-120(102,7)8)116-75-94(74-115(123)117(116)122)127-107-34-24-23-33-96(107)101-71-89(118(2,3)4)45-60-112(101)127/h11-60,65-76H,61-64H2,1-10H3. The van der Waals surface area contributed by atoms with Gasteiger partial charge in [-0.15, -0.1) is 0 Å². The highest BCUT2D eigenvalue weighted by atomic mass is 15.2. The first-order valence-corrected chi connectivity index (χ1v) is 45.7. The highest BCUT2D eigenvalue weighted by Gasteiger charge is 2.46. The van der Waals surface area contributed by atoms with Crippen molar-refractivity contribution in [3.8, 4) is 83.8 Å². The van der Waals surface area contributed by atoms with Crippen molar-refractivity contribution in [2.75, 3.05) is 9.80 Å². The lowest BCUT2D eigenvalue weighted by atomic mass is 9.33. The number of fused-ring (bicyclic) bond motifs is 15. The van der Waals surface area contributed by atoms with E-state index in [1.54, 1.807) is 0 Å². The third kappa shape index (κ3) is 12.3. The molecule has 17 aromatic carbocycles. The maximum atomic E-state index is 2.66. The Morgan fingerprint density at radius 2 is 0.591 bits per heavy atom. The van der Waals surface area contributed by atoms with E-state index in [0.717, 1.165) is 90.7 Å². The molecule has 0 radical (unpaired) electrons. The van der Waals surface area contributed by atoms with Crippen molar-refractivity contribution in [2.45, 2.75) is 122 Å². The van der Waals surface area contributed by atoms with E-state index in [-0.39, 0.29) is 28.4 Å². The zero-order valence-corrected chi connectivity index (χ0v) is 73.9. The number of nitrogens with zero attached hydrogens (tertiary/aromatic N) is 5. The quantitative estimate of drug-likeness (QED) is 0.120. The molecular weight excluding hydrogens is 1530 g/mol. The van der Waals surface area contributed by atoms with Crippen LogP contribution in [0.4, 0.5) is 34.1 Å². The van der Waals surface area contributed by atoms with Crippen LogP contribution in [-0.2, 0) is 21.7 Å². The van der Waals surface area contributed by atoms with Gasteiger partial charge in [0.25, 0.3) is 6.71 Å². The summed E-state index contributed by atoms with van der Waals surface area (Å²) in [6.07, 6.45) is 4.69. The van der Waals surface area contributed by atoms with Gasteiger partial charge in [0.05, 0.1) is 38.8 Å². The highest BCUT2D eigenvalue weighted by Crippen LogP contribution is 2.53. The summed E-state index contributed by atoms with van der Waals surface area (Å²) < 4.78 is 7.67. The van der Waals surface area contributed by atoms with E-state index in [9.17, 15) is 0 Å². The molecule has 3 aromatic heterocycles. The van der Waals surface area contributed by atoms with Gasteiger partial charge >= 0.3 is 0 Å².